The van der Waals surface area contributed by atoms with E-state index >= 15 is 0 Å². The first-order valence-electron chi connectivity index (χ1n) is 5.85. The number of rotatable bonds is 7. The Labute approximate surface area is 87.5 Å². The van der Waals surface area contributed by atoms with Crippen molar-refractivity contribution >= 4 is 0 Å². The zero-order valence-electron chi connectivity index (χ0n) is 9.34. The van der Waals surface area contributed by atoms with Gasteiger partial charge in [0.05, 0.1) is 0 Å². The molecule has 0 saturated carbocycles. The highest BCUT2D eigenvalue weighted by molar-refractivity contribution is 4.76. The van der Waals surface area contributed by atoms with Gasteiger partial charge in [-0.15, -0.1) is 0 Å². The molecule has 2 N–H and O–H groups in total. The molecule has 1 fully saturated rings. The minimum absolute atomic E-state index is 0.341. The summed E-state index contributed by atoms with van der Waals surface area (Å²) < 4.78 is 0. The Morgan fingerprint density at radius 3 is 2.86 bits per heavy atom. The molecule has 0 spiro atoms. The zero-order chi connectivity index (χ0) is 10.2. The Morgan fingerprint density at radius 1 is 1.36 bits per heavy atom. The standard InChI is InChI=1S/C11H24N2O/c1-13(8-3-2-4-9-14)10-11-6-5-7-12-11/h11-12,14H,2-10H2,1H3. The molecule has 1 aliphatic rings. The van der Waals surface area contributed by atoms with Crippen LogP contribution in [0.15, 0.2) is 0 Å². The molecule has 1 unspecified atom stereocenters. The number of nitrogens with zero attached hydrogens (tertiary/aromatic N) is 1. The molecule has 1 heterocycles. The van der Waals surface area contributed by atoms with E-state index in [2.05, 4.69) is 17.3 Å². The Bertz CT molecular complexity index is 135. The van der Waals surface area contributed by atoms with E-state index in [1.807, 2.05) is 0 Å². The molecule has 0 aromatic rings. The molecule has 3 nitrogen and oxygen atoms in total. The second-order valence-corrected chi connectivity index (χ2v) is 4.34. The van der Waals surface area contributed by atoms with Crippen molar-refractivity contribution in [3.8, 4) is 0 Å². The Balaban J connectivity index is 1.95. The third kappa shape index (κ3) is 4.94. The summed E-state index contributed by atoms with van der Waals surface area (Å²) >= 11 is 0. The zero-order valence-corrected chi connectivity index (χ0v) is 9.34. The number of hydrogen-bond acceptors (Lipinski definition) is 3. The van der Waals surface area contributed by atoms with Gasteiger partial charge in [-0.3, -0.25) is 0 Å². The van der Waals surface area contributed by atoms with Crippen molar-refractivity contribution in [2.45, 2.75) is 38.1 Å². The minimum Gasteiger partial charge on any atom is -0.396 e. The largest absolute Gasteiger partial charge is 0.396 e. The molecule has 1 aliphatic heterocycles. The maximum atomic E-state index is 8.64. The van der Waals surface area contributed by atoms with Gasteiger partial charge in [0.15, 0.2) is 0 Å². The fourth-order valence-corrected chi connectivity index (χ4v) is 2.05. The molecule has 0 aromatic carbocycles. The quantitative estimate of drug-likeness (QED) is 0.598. The van der Waals surface area contributed by atoms with Gasteiger partial charge >= 0.3 is 0 Å². The lowest BCUT2D eigenvalue weighted by Crippen LogP contribution is -2.35. The average molecular weight is 200 g/mol. The fourth-order valence-electron chi connectivity index (χ4n) is 2.05. The summed E-state index contributed by atoms with van der Waals surface area (Å²) in [4.78, 5) is 2.40. The SMILES string of the molecule is CN(CCCCCO)CC1CCCN1. The number of unbranched alkanes of at least 4 members (excludes halogenated alkanes) is 2. The summed E-state index contributed by atoms with van der Waals surface area (Å²) in [5.41, 5.74) is 0. The number of hydrogen-bond donors (Lipinski definition) is 2. The van der Waals surface area contributed by atoms with Gasteiger partial charge in [0.2, 0.25) is 0 Å². The fraction of sp³-hybridized carbons (Fsp3) is 1.00. The van der Waals surface area contributed by atoms with E-state index < -0.39 is 0 Å². The second kappa shape index (κ2) is 7.21. The smallest absolute Gasteiger partial charge is 0.0431 e. The molecular weight excluding hydrogens is 176 g/mol. The topological polar surface area (TPSA) is 35.5 Å². The van der Waals surface area contributed by atoms with Gasteiger partial charge in [0.25, 0.3) is 0 Å². The van der Waals surface area contributed by atoms with E-state index in [9.17, 15) is 0 Å². The van der Waals surface area contributed by atoms with E-state index in [1.165, 1.54) is 32.4 Å². The molecule has 84 valence electrons. The predicted molar refractivity (Wildman–Crippen MR) is 59.5 cm³/mol. The first-order chi connectivity index (χ1) is 6.83. The van der Waals surface area contributed by atoms with Crippen molar-refractivity contribution in [3.63, 3.8) is 0 Å². The normalized spacial score (nSPS) is 22.1. The predicted octanol–water partition coefficient (Wildman–Crippen LogP) is 0.833. The summed E-state index contributed by atoms with van der Waals surface area (Å²) in [5, 5.41) is 12.1. The van der Waals surface area contributed by atoms with Crippen LogP contribution in [-0.2, 0) is 0 Å². The van der Waals surface area contributed by atoms with Crippen LogP contribution in [0.1, 0.15) is 32.1 Å². The first-order valence-corrected chi connectivity index (χ1v) is 5.85. The van der Waals surface area contributed by atoms with Gasteiger partial charge in [0.1, 0.15) is 0 Å². The van der Waals surface area contributed by atoms with Crippen molar-refractivity contribution in [3.05, 3.63) is 0 Å². The molecule has 0 aliphatic carbocycles. The van der Waals surface area contributed by atoms with Crippen LogP contribution in [0.5, 0.6) is 0 Å². The first kappa shape index (κ1) is 12.0. The highest BCUT2D eigenvalue weighted by Gasteiger charge is 2.15. The van der Waals surface area contributed by atoms with Crippen LogP contribution in [0.4, 0.5) is 0 Å². The summed E-state index contributed by atoms with van der Waals surface area (Å²) in [6.45, 7) is 3.88. The summed E-state index contributed by atoms with van der Waals surface area (Å²) in [7, 11) is 2.19. The van der Waals surface area contributed by atoms with E-state index in [0.29, 0.717) is 6.61 Å². The maximum Gasteiger partial charge on any atom is 0.0431 e. The number of aliphatic hydroxyl groups is 1. The van der Waals surface area contributed by atoms with Crippen LogP contribution >= 0.6 is 0 Å². The minimum atomic E-state index is 0.341. The van der Waals surface area contributed by atoms with E-state index in [0.717, 1.165) is 25.4 Å². The lowest BCUT2D eigenvalue weighted by molar-refractivity contribution is 0.266. The van der Waals surface area contributed by atoms with Gasteiger partial charge in [-0.05, 0) is 52.2 Å². The Kier molecular flexibility index (Phi) is 6.15. The summed E-state index contributed by atoms with van der Waals surface area (Å²) in [5.74, 6) is 0. The molecule has 3 heteroatoms. The number of nitrogens with one attached hydrogen (secondary N) is 1. The van der Waals surface area contributed by atoms with Gasteiger partial charge in [-0.2, -0.15) is 0 Å². The summed E-state index contributed by atoms with van der Waals surface area (Å²) in [6.07, 6.45) is 5.99. The van der Waals surface area contributed by atoms with Gasteiger partial charge in [-0.25, -0.2) is 0 Å². The maximum absolute atomic E-state index is 8.64. The van der Waals surface area contributed by atoms with Crippen molar-refractivity contribution in [2.75, 3.05) is 33.3 Å². The average Bonchev–Trinajstić information content (AvgIpc) is 2.65. The highest BCUT2D eigenvalue weighted by atomic mass is 16.2. The second-order valence-electron chi connectivity index (χ2n) is 4.34. The third-order valence-corrected chi connectivity index (χ3v) is 2.89. The third-order valence-electron chi connectivity index (χ3n) is 2.89. The van der Waals surface area contributed by atoms with Gasteiger partial charge in [0, 0.05) is 19.2 Å². The molecular formula is C11H24N2O. The highest BCUT2D eigenvalue weighted by Crippen LogP contribution is 2.06. The van der Waals surface area contributed by atoms with Crippen LogP contribution in [0.2, 0.25) is 0 Å². The van der Waals surface area contributed by atoms with Crippen molar-refractivity contribution < 1.29 is 5.11 Å². The van der Waals surface area contributed by atoms with Gasteiger partial charge < -0.3 is 15.3 Å². The van der Waals surface area contributed by atoms with Crippen molar-refractivity contribution in [1.29, 1.82) is 0 Å². The lowest BCUT2D eigenvalue weighted by atomic mass is 10.2. The van der Waals surface area contributed by atoms with Crippen LogP contribution in [0.25, 0.3) is 0 Å². The van der Waals surface area contributed by atoms with Crippen LogP contribution in [0.3, 0.4) is 0 Å². The molecule has 0 bridgehead atoms. The Hall–Kier alpha value is -0.120. The van der Waals surface area contributed by atoms with Crippen LogP contribution < -0.4 is 5.32 Å². The van der Waals surface area contributed by atoms with Crippen molar-refractivity contribution in [1.82, 2.24) is 10.2 Å². The molecule has 1 saturated heterocycles. The van der Waals surface area contributed by atoms with E-state index in [-0.39, 0.29) is 0 Å². The number of aliphatic hydroxyl groups excluding tert-OH is 1. The molecule has 0 amide bonds. The Morgan fingerprint density at radius 2 is 2.21 bits per heavy atom. The van der Waals surface area contributed by atoms with Crippen molar-refractivity contribution in [2.24, 2.45) is 0 Å². The summed E-state index contributed by atoms with van der Waals surface area (Å²) in [6, 6.07) is 0.720. The molecule has 0 radical (unpaired) electrons. The van der Waals surface area contributed by atoms with Crippen LogP contribution in [0, 0.1) is 0 Å². The lowest BCUT2D eigenvalue weighted by Gasteiger charge is -2.20. The number of likely N-dealkylation sites (N-methyl/N-ethyl adjacent to an activating group) is 1. The monoisotopic (exact) mass is 200 g/mol. The molecule has 0 aromatic heterocycles. The molecule has 14 heavy (non-hydrogen) atoms. The van der Waals surface area contributed by atoms with Gasteiger partial charge in [-0.1, -0.05) is 0 Å². The molecule has 1 rings (SSSR count). The molecule has 1 atom stereocenters. The van der Waals surface area contributed by atoms with E-state index in [1.54, 1.807) is 0 Å². The van der Waals surface area contributed by atoms with Crippen LogP contribution in [-0.4, -0.2) is 49.3 Å². The van der Waals surface area contributed by atoms with E-state index in [4.69, 9.17) is 5.11 Å².